The van der Waals surface area contributed by atoms with Crippen LogP contribution in [0, 0.1) is 10.1 Å². The topological polar surface area (TPSA) is 116 Å². The molecule has 2 heterocycles. The summed E-state index contributed by atoms with van der Waals surface area (Å²) in [5, 5.41) is 10.4. The van der Waals surface area contributed by atoms with E-state index in [1.165, 1.54) is 40.9 Å². The number of hydrogen-bond donors (Lipinski definition) is 1. The lowest BCUT2D eigenvalue weighted by Crippen LogP contribution is -2.68. The smallest absolute Gasteiger partial charge is 0.355 e. The average Bonchev–Trinajstić information content (AvgIpc) is 2.58. The number of carbonyl (C=O) groups excluding carboxylic acids is 2. The quantitative estimate of drug-likeness (QED) is 0.374. The van der Waals surface area contributed by atoms with Crippen LogP contribution in [-0.2, 0) is 20.9 Å². The molecule has 0 radical (unpaired) electrons. The molecule has 2 aliphatic heterocycles. The van der Waals surface area contributed by atoms with Crippen LogP contribution in [0.2, 0.25) is 0 Å². The van der Waals surface area contributed by atoms with Crippen molar-refractivity contribution in [3.8, 4) is 0 Å². The van der Waals surface area contributed by atoms with E-state index in [2.05, 4.69) is 0 Å². The normalized spacial score (nSPS) is 22.7. The van der Waals surface area contributed by atoms with Crippen molar-refractivity contribution in [3.05, 3.63) is 51.7 Å². The number of fused-ring (bicyclic) bond motifs is 1. The number of nitro groups is 1. The van der Waals surface area contributed by atoms with Gasteiger partial charge in [-0.1, -0.05) is 0 Å². The van der Waals surface area contributed by atoms with E-state index in [0.717, 1.165) is 0 Å². The van der Waals surface area contributed by atoms with Gasteiger partial charge in [-0.15, -0.1) is 11.8 Å². The summed E-state index contributed by atoms with van der Waals surface area (Å²) in [4.78, 5) is 35.3. The highest BCUT2D eigenvalue weighted by atomic mass is 32.2. The van der Waals surface area contributed by atoms with Crippen molar-refractivity contribution in [3.63, 3.8) is 0 Å². The standard InChI is InChI=1S/C14H13N3O5S/c15-11-12(18)16-10(5-6-23-13(11)16)14(19)22-7-8-1-3-9(4-2-8)17(20)21/h1-5,11,13H,6-7,15H2/t11?,13-/m1/s1. The third-order valence-electron chi connectivity index (χ3n) is 3.61. The van der Waals surface area contributed by atoms with Gasteiger partial charge in [-0.3, -0.25) is 19.8 Å². The number of β-lactam (4-membered cyclic amide) rings is 1. The van der Waals surface area contributed by atoms with Crippen LogP contribution in [0.4, 0.5) is 5.69 Å². The number of rotatable bonds is 4. The molecule has 2 N–H and O–H groups in total. The lowest BCUT2D eigenvalue weighted by Gasteiger charge is -2.46. The molecule has 1 fully saturated rings. The number of thioether (sulfide) groups is 1. The summed E-state index contributed by atoms with van der Waals surface area (Å²) in [5.41, 5.74) is 6.50. The van der Waals surface area contributed by atoms with E-state index in [0.29, 0.717) is 11.3 Å². The van der Waals surface area contributed by atoms with Gasteiger partial charge in [-0.25, -0.2) is 4.79 Å². The number of amides is 1. The number of non-ortho nitro benzene ring substituents is 1. The Morgan fingerprint density at radius 1 is 1.43 bits per heavy atom. The molecule has 2 aliphatic rings. The Morgan fingerprint density at radius 3 is 2.78 bits per heavy atom. The van der Waals surface area contributed by atoms with E-state index >= 15 is 0 Å². The first-order valence-electron chi connectivity index (χ1n) is 6.80. The van der Waals surface area contributed by atoms with Gasteiger partial charge in [0.25, 0.3) is 5.69 Å². The lowest BCUT2D eigenvalue weighted by atomic mass is 10.1. The Morgan fingerprint density at radius 2 is 2.13 bits per heavy atom. The van der Waals surface area contributed by atoms with Crippen LogP contribution in [0.1, 0.15) is 5.56 Å². The molecule has 1 aromatic carbocycles. The first kappa shape index (κ1) is 15.5. The van der Waals surface area contributed by atoms with Crippen LogP contribution in [0.5, 0.6) is 0 Å². The molecule has 1 amide bonds. The van der Waals surface area contributed by atoms with Gasteiger partial charge in [0.15, 0.2) is 0 Å². The van der Waals surface area contributed by atoms with Gasteiger partial charge < -0.3 is 10.5 Å². The van der Waals surface area contributed by atoms with Gasteiger partial charge >= 0.3 is 5.97 Å². The second-order valence-electron chi connectivity index (χ2n) is 5.05. The zero-order chi connectivity index (χ0) is 16.6. The molecule has 0 aliphatic carbocycles. The van der Waals surface area contributed by atoms with Crippen molar-refractivity contribution < 1.29 is 19.2 Å². The highest BCUT2D eigenvalue weighted by molar-refractivity contribution is 8.00. The van der Waals surface area contributed by atoms with Gasteiger partial charge in [0.1, 0.15) is 23.7 Å². The molecule has 1 unspecified atom stereocenters. The summed E-state index contributed by atoms with van der Waals surface area (Å²) in [6.45, 7) is -0.0277. The molecule has 0 bridgehead atoms. The fraction of sp³-hybridized carbons (Fsp3) is 0.286. The molecule has 0 aromatic heterocycles. The first-order chi connectivity index (χ1) is 11.0. The van der Waals surface area contributed by atoms with E-state index in [9.17, 15) is 19.7 Å². The minimum absolute atomic E-state index is 0.0277. The molecule has 2 atom stereocenters. The second kappa shape index (κ2) is 6.01. The van der Waals surface area contributed by atoms with E-state index in [1.54, 1.807) is 6.08 Å². The minimum atomic E-state index is -0.603. The van der Waals surface area contributed by atoms with Gasteiger partial charge in [0.2, 0.25) is 5.91 Å². The van der Waals surface area contributed by atoms with Crippen molar-refractivity contribution in [2.75, 3.05) is 5.75 Å². The van der Waals surface area contributed by atoms with Crippen LogP contribution < -0.4 is 5.73 Å². The SMILES string of the molecule is NC1C(=O)N2C(C(=O)OCc3ccc([N+](=O)[O-])cc3)=CCS[C@H]12. The lowest BCUT2D eigenvalue weighted by molar-refractivity contribution is -0.384. The number of carbonyl (C=O) groups is 2. The second-order valence-corrected chi connectivity index (χ2v) is 6.20. The Balaban J connectivity index is 1.62. The summed E-state index contributed by atoms with van der Waals surface area (Å²) in [6.07, 6.45) is 1.64. The Hall–Kier alpha value is -2.39. The third kappa shape index (κ3) is 2.80. The summed E-state index contributed by atoms with van der Waals surface area (Å²) in [5.74, 6) is -0.306. The summed E-state index contributed by atoms with van der Waals surface area (Å²) in [7, 11) is 0. The fourth-order valence-corrected chi connectivity index (χ4v) is 3.50. The number of nitro benzene ring substituents is 1. The largest absolute Gasteiger partial charge is 0.456 e. The zero-order valence-corrected chi connectivity index (χ0v) is 12.7. The van der Waals surface area contributed by atoms with Gasteiger partial charge in [0, 0.05) is 17.9 Å². The maximum atomic E-state index is 12.1. The van der Waals surface area contributed by atoms with Crippen LogP contribution in [0.15, 0.2) is 36.0 Å². The van der Waals surface area contributed by atoms with Crippen LogP contribution in [0.3, 0.4) is 0 Å². The molecule has 0 saturated carbocycles. The maximum absolute atomic E-state index is 12.1. The number of ether oxygens (including phenoxy) is 1. The molecule has 120 valence electrons. The highest BCUT2D eigenvalue weighted by Gasteiger charge is 2.50. The molecular weight excluding hydrogens is 322 g/mol. The van der Waals surface area contributed by atoms with Crippen molar-refractivity contribution in [2.24, 2.45) is 5.73 Å². The van der Waals surface area contributed by atoms with Crippen molar-refractivity contribution in [1.82, 2.24) is 4.90 Å². The predicted octanol–water partition coefficient (Wildman–Crippen LogP) is 0.764. The summed E-state index contributed by atoms with van der Waals surface area (Å²) >= 11 is 1.50. The first-order valence-corrected chi connectivity index (χ1v) is 7.85. The van der Waals surface area contributed by atoms with E-state index < -0.39 is 16.9 Å². The molecule has 0 spiro atoms. The van der Waals surface area contributed by atoms with Crippen molar-refractivity contribution in [2.45, 2.75) is 18.0 Å². The van der Waals surface area contributed by atoms with Crippen LogP contribution in [0.25, 0.3) is 0 Å². The molecular formula is C14H13N3O5S. The number of esters is 1. The van der Waals surface area contributed by atoms with Gasteiger partial charge in [-0.2, -0.15) is 0 Å². The fourth-order valence-electron chi connectivity index (χ4n) is 2.36. The number of nitrogens with two attached hydrogens (primary N) is 1. The van der Waals surface area contributed by atoms with Crippen molar-refractivity contribution >= 4 is 29.3 Å². The Bertz CT molecular complexity index is 703. The predicted molar refractivity (Wildman–Crippen MR) is 82.0 cm³/mol. The number of nitrogens with zero attached hydrogens (tertiary/aromatic N) is 2. The third-order valence-corrected chi connectivity index (χ3v) is 4.82. The summed E-state index contributed by atoms with van der Waals surface area (Å²) < 4.78 is 5.18. The monoisotopic (exact) mass is 335 g/mol. The van der Waals surface area contributed by atoms with Crippen LogP contribution >= 0.6 is 11.8 Å². The van der Waals surface area contributed by atoms with Gasteiger partial charge in [0.05, 0.1) is 4.92 Å². The summed E-state index contributed by atoms with van der Waals surface area (Å²) in [6, 6.07) is 5.14. The Labute approximate surface area is 135 Å². The van der Waals surface area contributed by atoms with Crippen LogP contribution in [-0.4, -0.2) is 38.9 Å². The van der Waals surface area contributed by atoms with E-state index in [-0.39, 0.29) is 29.3 Å². The molecule has 8 nitrogen and oxygen atoms in total. The molecule has 23 heavy (non-hydrogen) atoms. The van der Waals surface area contributed by atoms with E-state index in [4.69, 9.17) is 10.5 Å². The van der Waals surface area contributed by atoms with Crippen molar-refractivity contribution in [1.29, 1.82) is 0 Å². The Kier molecular flexibility index (Phi) is 4.05. The molecule has 1 aromatic rings. The van der Waals surface area contributed by atoms with E-state index in [1.807, 2.05) is 0 Å². The minimum Gasteiger partial charge on any atom is -0.456 e. The highest BCUT2D eigenvalue weighted by Crippen LogP contribution is 2.36. The molecule has 3 rings (SSSR count). The maximum Gasteiger partial charge on any atom is 0.355 e. The van der Waals surface area contributed by atoms with Gasteiger partial charge in [-0.05, 0) is 23.8 Å². The number of hydrogen-bond acceptors (Lipinski definition) is 7. The molecule has 1 saturated heterocycles. The zero-order valence-electron chi connectivity index (χ0n) is 11.9. The average molecular weight is 335 g/mol. The number of benzene rings is 1. The molecule has 9 heteroatoms.